The van der Waals surface area contributed by atoms with Crippen molar-refractivity contribution in [3.8, 4) is 0 Å². The van der Waals surface area contributed by atoms with Gasteiger partial charge in [0, 0.05) is 11.8 Å². The molecular formula is C13H20O3. The highest BCUT2D eigenvalue weighted by Crippen LogP contribution is 2.52. The Kier molecular flexibility index (Phi) is 3.04. The Bertz CT molecular complexity index is 310. The fraction of sp³-hybridized carbons (Fsp3) is 0.846. The predicted molar refractivity (Wildman–Crippen MR) is 59.8 cm³/mol. The lowest BCUT2D eigenvalue weighted by Crippen LogP contribution is -2.39. The van der Waals surface area contributed by atoms with Crippen molar-refractivity contribution in [1.29, 1.82) is 0 Å². The van der Waals surface area contributed by atoms with Crippen LogP contribution in [0.25, 0.3) is 0 Å². The van der Waals surface area contributed by atoms with Crippen LogP contribution in [0, 0.1) is 17.3 Å². The lowest BCUT2D eigenvalue weighted by atomic mass is 9.65. The SMILES string of the molecule is COC(=O)[C@@H]1CC[C@]2(C1)C(=O)CCCC2C. The van der Waals surface area contributed by atoms with E-state index in [1.807, 2.05) is 0 Å². The molecule has 0 amide bonds. The maximum absolute atomic E-state index is 12.1. The fourth-order valence-corrected chi connectivity index (χ4v) is 3.51. The van der Waals surface area contributed by atoms with Crippen molar-refractivity contribution in [1.82, 2.24) is 0 Å². The molecule has 16 heavy (non-hydrogen) atoms. The highest BCUT2D eigenvalue weighted by Gasteiger charge is 2.51. The zero-order valence-electron chi connectivity index (χ0n) is 10.1. The van der Waals surface area contributed by atoms with Crippen molar-refractivity contribution in [2.75, 3.05) is 7.11 Å². The molecule has 3 heteroatoms. The molecule has 1 spiro atoms. The number of hydrogen-bond donors (Lipinski definition) is 0. The highest BCUT2D eigenvalue weighted by atomic mass is 16.5. The first-order valence-electron chi connectivity index (χ1n) is 6.21. The number of esters is 1. The lowest BCUT2D eigenvalue weighted by Gasteiger charge is -2.38. The van der Waals surface area contributed by atoms with Gasteiger partial charge in [-0.15, -0.1) is 0 Å². The Hall–Kier alpha value is -0.860. The fourth-order valence-electron chi connectivity index (χ4n) is 3.51. The summed E-state index contributed by atoms with van der Waals surface area (Å²) in [5.74, 6) is 0.637. The van der Waals surface area contributed by atoms with Crippen molar-refractivity contribution in [2.45, 2.75) is 45.4 Å². The molecule has 2 rings (SSSR count). The van der Waals surface area contributed by atoms with Crippen LogP contribution in [-0.2, 0) is 14.3 Å². The molecule has 0 heterocycles. The second kappa shape index (κ2) is 4.19. The van der Waals surface area contributed by atoms with E-state index in [0.29, 0.717) is 18.1 Å². The molecule has 0 bridgehead atoms. The van der Waals surface area contributed by atoms with Gasteiger partial charge in [0.2, 0.25) is 0 Å². The minimum atomic E-state index is -0.197. The summed E-state index contributed by atoms with van der Waals surface area (Å²) < 4.78 is 4.79. The van der Waals surface area contributed by atoms with E-state index in [1.54, 1.807) is 0 Å². The third-order valence-electron chi connectivity index (χ3n) is 4.62. The average Bonchev–Trinajstić information content (AvgIpc) is 2.72. The van der Waals surface area contributed by atoms with Crippen LogP contribution in [-0.4, -0.2) is 18.9 Å². The smallest absolute Gasteiger partial charge is 0.308 e. The topological polar surface area (TPSA) is 43.4 Å². The van der Waals surface area contributed by atoms with Gasteiger partial charge in [0.25, 0.3) is 0 Å². The van der Waals surface area contributed by atoms with Gasteiger partial charge in [0.1, 0.15) is 5.78 Å². The zero-order chi connectivity index (χ0) is 11.8. The molecule has 0 aromatic heterocycles. The summed E-state index contributed by atoms with van der Waals surface area (Å²) in [5, 5.41) is 0. The first-order chi connectivity index (χ1) is 7.60. The van der Waals surface area contributed by atoms with Gasteiger partial charge in [-0.25, -0.2) is 0 Å². The molecule has 2 fully saturated rings. The Morgan fingerprint density at radius 3 is 2.81 bits per heavy atom. The van der Waals surface area contributed by atoms with Gasteiger partial charge in [-0.05, 0) is 38.0 Å². The Morgan fingerprint density at radius 1 is 1.44 bits per heavy atom. The summed E-state index contributed by atoms with van der Waals surface area (Å²) in [4.78, 5) is 23.7. The summed E-state index contributed by atoms with van der Waals surface area (Å²) in [5.41, 5.74) is -0.197. The van der Waals surface area contributed by atoms with Crippen LogP contribution in [0.4, 0.5) is 0 Å². The van der Waals surface area contributed by atoms with E-state index in [1.165, 1.54) is 7.11 Å². The molecule has 0 saturated heterocycles. The van der Waals surface area contributed by atoms with Crippen LogP contribution >= 0.6 is 0 Å². The number of hydrogen-bond acceptors (Lipinski definition) is 3. The number of rotatable bonds is 1. The molecule has 0 aliphatic heterocycles. The molecule has 3 nitrogen and oxygen atoms in total. The molecule has 0 radical (unpaired) electrons. The first kappa shape index (κ1) is 11.6. The molecule has 2 aliphatic carbocycles. The van der Waals surface area contributed by atoms with Crippen LogP contribution in [0.3, 0.4) is 0 Å². The molecule has 2 saturated carbocycles. The highest BCUT2D eigenvalue weighted by molar-refractivity contribution is 5.87. The van der Waals surface area contributed by atoms with Crippen LogP contribution in [0.2, 0.25) is 0 Å². The Balaban J connectivity index is 2.14. The van der Waals surface area contributed by atoms with Crippen molar-refractivity contribution in [2.24, 2.45) is 17.3 Å². The number of ether oxygens (including phenoxy) is 1. The number of carbonyl (C=O) groups is 2. The zero-order valence-corrected chi connectivity index (χ0v) is 10.1. The van der Waals surface area contributed by atoms with Crippen molar-refractivity contribution in [3.05, 3.63) is 0 Å². The Labute approximate surface area is 96.5 Å². The van der Waals surface area contributed by atoms with E-state index >= 15 is 0 Å². The molecule has 0 aromatic carbocycles. The van der Waals surface area contributed by atoms with Gasteiger partial charge in [-0.1, -0.05) is 6.92 Å². The van der Waals surface area contributed by atoms with Gasteiger partial charge in [-0.3, -0.25) is 9.59 Å². The van der Waals surface area contributed by atoms with E-state index in [-0.39, 0.29) is 17.3 Å². The molecule has 3 atom stereocenters. The monoisotopic (exact) mass is 224 g/mol. The number of ketones is 1. The number of Topliss-reactive ketones (excluding diaryl/α,β-unsaturated/α-hetero) is 1. The van der Waals surface area contributed by atoms with E-state index in [0.717, 1.165) is 32.1 Å². The molecule has 0 N–H and O–H groups in total. The number of carbonyl (C=O) groups excluding carboxylic acids is 2. The normalized spacial score (nSPS) is 39.0. The van der Waals surface area contributed by atoms with Gasteiger partial charge < -0.3 is 4.74 Å². The molecule has 1 unspecified atom stereocenters. The number of methoxy groups -OCH3 is 1. The molecule has 2 aliphatic rings. The second-order valence-electron chi connectivity index (χ2n) is 5.34. The molecular weight excluding hydrogens is 204 g/mol. The third-order valence-corrected chi connectivity index (χ3v) is 4.62. The van der Waals surface area contributed by atoms with Gasteiger partial charge in [-0.2, -0.15) is 0 Å². The van der Waals surface area contributed by atoms with Crippen LogP contribution in [0.5, 0.6) is 0 Å². The minimum Gasteiger partial charge on any atom is -0.469 e. The second-order valence-corrected chi connectivity index (χ2v) is 5.34. The minimum absolute atomic E-state index is 0.0468. The average molecular weight is 224 g/mol. The maximum atomic E-state index is 12.1. The molecule has 0 aromatic rings. The third kappa shape index (κ3) is 1.66. The quantitative estimate of drug-likeness (QED) is 0.642. The van der Waals surface area contributed by atoms with E-state index in [2.05, 4.69) is 6.92 Å². The van der Waals surface area contributed by atoms with Crippen molar-refractivity contribution < 1.29 is 14.3 Å². The molecule has 90 valence electrons. The van der Waals surface area contributed by atoms with E-state index < -0.39 is 0 Å². The summed E-state index contributed by atoms with van der Waals surface area (Å²) >= 11 is 0. The lowest BCUT2D eigenvalue weighted by molar-refractivity contribution is -0.146. The van der Waals surface area contributed by atoms with Crippen molar-refractivity contribution >= 4 is 11.8 Å². The van der Waals surface area contributed by atoms with E-state index in [4.69, 9.17) is 4.74 Å². The van der Waals surface area contributed by atoms with Crippen molar-refractivity contribution in [3.63, 3.8) is 0 Å². The van der Waals surface area contributed by atoms with Gasteiger partial charge in [0.05, 0.1) is 13.0 Å². The largest absolute Gasteiger partial charge is 0.469 e. The van der Waals surface area contributed by atoms with Crippen LogP contribution in [0.15, 0.2) is 0 Å². The predicted octanol–water partition coefficient (Wildman–Crippen LogP) is 2.33. The summed E-state index contributed by atoms with van der Waals surface area (Å²) in [6.07, 6.45) is 5.28. The Morgan fingerprint density at radius 2 is 2.19 bits per heavy atom. The first-order valence-corrected chi connectivity index (χ1v) is 6.21. The summed E-state index contributed by atoms with van der Waals surface area (Å²) in [6, 6.07) is 0. The van der Waals surface area contributed by atoms with Gasteiger partial charge >= 0.3 is 5.97 Å². The standard InChI is InChI=1S/C13H20O3/c1-9-4-3-5-11(14)13(9)7-6-10(8-13)12(15)16-2/h9-10H,3-8H2,1-2H3/t9?,10-,13-/m1/s1. The van der Waals surface area contributed by atoms with E-state index in [9.17, 15) is 9.59 Å². The van der Waals surface area contributed by atoms with Crippen LogP contribution < -0.4 is 0 Å². The van der Waals surface area contributed by atoms with Gasteiger partial charge in [0.15, 0.2) is 0 Å². The maximum Gasteiger partial charge on any atom is 0.308 e. The summed E-state index contributed by atoms with van der Waals surface area (Å²) in [6.45, 7) is 2.16. The summed E-state index contributed by atoms with van der Waals surface area (Å²) in [7, 11) is 1.43. The van der Waals surface area contributed by atoms with Crippen LogP contribution in [0.1, 0.15) is 45.4 Å².